The zero-order valence-corrected chi connectivity index (χ0v) is 13.9. The summed E-state index contributed by atoms with van der Waals surface area (Å²) in [5.74, 6) is 0.687. The number of H-pyrrole nitrogens is 1. The van der Waals surface area contributed by atoms with Crippen LogP contribution in [0.4, 0.5) is 0 Å². The fraction of sp³-hybridized carbons (Fsp3) is 0.786. The van der Waals surface area contributed by atoms with Gasteiger partial charge >= 0.3 is 0 Å². The molecule has 7 heteroatoms. The van der Waals surface area contributed by atoms with Crippen LogP contribution in [0.15, 0.2) is 4.90 Å². The van der Waals surface area contributed by atoms with E-state index < -0.39 is 15.6 Å². The van der Waals surface area contributed by atoms with Gasteiger partial charge in [-0.3, -0.25) is 5.10 Å². The lowest BCUT2D eigenvalue weighted by Gasteiger charge is -2.39. The average Bonchev–Trinajstić information content (AvgIpc) is 2.79. The Labute approximate surface area is 126 Å². The van der Waals surface area contributed by atoms with Gasteiger partial charge in [0.2, 0.25) is 10.0 Å². The summed E-state index contributed by atoms with van der Waals surface area (Å²) in [6.07, 6.45) is 4.81. The number of nitrogens with two attached hydrogens (primary N) is 1. The third-order valence-electron chi connectivity index (χ3n) is 4.71. The van der Waals surface area contributed by atoms with E-state index in [1.165, 1.54) is 0 Å². The van der Waals surface area contributed by atoms with E-state index in [4.69, 9.17) is 5.73 Å². The highest BCUT2D eigenvalue weighted by Gasteiger charge is 2.38. The number of hydrogen-bond donors (Lipinski definition) is 3. The highest BCUT2D eigenvalue weighted by atomic mass is 32.2. The average molecular weight is 314 g/mol. The van der Waals surface area contributed by atoms with Crippen molar-refractivity contribution in [3.63, 3.8) is 0 Å². The zero-order valence-electron chi connectivity index (χ0n) is 13.1. The summed E-state index contributed by atoms with van der Waals surface area (Å²) in [5, 5.41) is 6.70. The van der Waals surface area contributed by atoms with Crippen molar-refractivity contribution in [2.75, 3.05) is 6.54 Å². The van der Waals surface area contributed by atoms with Crippen molar-refractivity contribution in [2.45, 2.75) is 63.3 Å². The SMILES string of the molecule is CCC1CCC(CN)(NS(=O)(=O)c2c(C)n[nH]c2C)CC1. The van der Waals surface area contributed by atoms with Crippen molar-refractivity contribution in [1.82, 2.24) is 14.9 Å². The number of aromatic amines is 1. The fourth-order valence-corrected chi connectivity index (χ4v) is 5.10. The van der Waals surface area contributed by atoms with Crippen LogP contribution < -0.4 is 10.5 Å². The summed E-state index contributed by atoms with van der Waals surface area (Å²) in [5.41, 5.74) is 6.46. The van der Waals surface area contributed by atoms with Gasteiger partial charge in [-0.05, 0) is 45.4 Å². The summed E-state index contributed by atoms with van der Waals surface area (Å²) in [6, 6.07) is 0. The second kappa shape index (κ2) is 6.06. The Morgan fingerprint density at radius 1 is 1.38 bits per heavy atom. The largest absolute Gasteiger partial charge is 0.329 e. The molecule has 0 aromatic carbocycles. The molecule has 1 fully saturated rings. The minimum Gasteiger partial charge on any atom is -0.329 e. The van der Waals surface area contributed by atoms with Crippen molar-refractivity contribution in [1.29, 1.82) is 0 Å². The molecule has 120 valence electrons. The summed E-state index contributed by atoms with van der Waals surface area (Å²) in [7, 11) is -3.60. The van der Waals surface area contributed by atoms with Crippen LogP contribution >= 0.6 is 0 Å². The molecule has 1 heterocycles. The number of hydrogen-bond acceptors (Lipinski definition) is 4. The highest BCUT2D eigenvalue weighted by molar-refractivity contribution is 7.89. The van der Waals surface area contributed by atoms with Gasteiger partial charge in [-0.15, -0.1) is 0 Å². The Morgan fingerprint density at radius 3 is 2.43 bits per heavy atom. The first-order chi connectivity index (χ1) is 9.83. The molecule has 6 nitrogen and oxygen atoms in total. The molecular weight excluding hydrogens is 288 g/mol. The van der Waals surface area contributed by atoms with Crippen LogP contribution in [0.1, 0.15) is 50.4 Å². The molecule has 1 aliphatic carbocycles. The van der Waals surface area contributed by atoms with Crippen molar-refractivity contribution >= 4 is 10.0 Å². The predicted molar refractivity (Wildman–Crippen MR) is 82.4 cm³/mol. The zero-order chi connectivity index (χ0) is 15.7. The molecular formula is C14H26N4O2S. The van der Waals surface area contributed by atoms with E-state index in [-0.39, 0.29) is 4.90 Å². The number of aromatic nitrogens is 2. The molecule has 1 aromatic heterocycles. The molecule has 1 aromatic rings. The lowest BCUT2D eigenvalue weighted by atomic mass is 9.76. The van der Waals surface area contributed by atoms with Gasteiger partial charge in [0.05, 0.1) is 11.4 Å². The number of rotatable bonds is 5. The molecule has 21 heavy (non-hydrogen) atoms. The minimum atomic E-state index is -3.60. The number of sulfonamides is 1. The predicted octanol–water partition coefficient (Wildman–Crippen LogP) is 1.60. The van der Waals surface area contributed by atoms with Crippen LogP contribution in [0.2, 0.25) is 0 Å². The first-order valence-corrected chi connectivity index (χ1v) is 9.07. The van der Waals surface area contributed by atoms with Gasteiger partial charge in [0.15, 0.2) is 0 Å². The van der Waals surface area contributed by atoms with Crippen LogP contribution in [-0.2, 0) is 10.0 Å². The van der Waals surface area contributed by atoms with Gasteiger partial charge in [0.25, 0.3) is 0 Å². The third kappa shape index (κ3) is 3.30. The second-order valence-electron chi connectivity index (χ2n) is 6.20. The lowest BCUT2D eigenvalue weighted by Crippen LogP contribution is -2.55. The number of aryl methyl sites for hydroxylation is 2. The smallest absolute Gasteiger partial charge is 0.244 e. The van der Waals surface area contributed by atoms with Crippen LogP contribution in [0.3, 0.4) is 0 Å². The van der Waals surface area contributed by atoms with Crippen LogP contribution in [0, 0.1) is 19.8 Å². The molecule has 0 spiro atoms. The Bertz CT molecular complexity index is 567. The molecule has 2 rings (SSSR count). The van der Waals surface area contributed by atoms with Crippen molar-refractivity contribution < 1.29 is 8.42 Å². The first kappa shape index (κ1) is 16.5. The number of nitrogens with one attached hydrogen (secondary N) is 2. The summed E-state index contributed by atoms with van der Waals surface area (Å²) >= 11 is 0. The van der Waals surface area contributed by atoms with Gasteiger partial charge in [0, 0.05) is 12.1 Å². The van der Waals surface area contributed by atoms with Gasteiger partial charge in [-0.2, -0.15) is 5.10 Å². The molecule has 0 bridgehead atoms. The summed E-state index contributed by atoms with van der Waals surface area (Å²) in [4.78, 5) is 0.257. The summed E-state index contributed by atoms with van der Waals surface area (Å²) in [6.45, 7) is 5.93. The maximum absolute atomic E-state index is 12.7. The minimum absolute atomic E-state index is 0.257. The molecule has 0 aliphatic heterocycles. The van der Waals surface area contributed by atoms with E-state index in [1.807, 2.05) is 0 Å². The van der Waals surface area contributed by atoms with Gasteiger partial charge in [0.1, 0.15) is 4.90 Å². The van der Waals surface area contributed by atoms with Gasteiger partial charge in [-0.25, -0.2) is 13.1 Å². The molecule has 0 amide bonds. The van der Waals surface area contributed by atoms with Crippen LogP contribution in [-0.4, -0.2) is 30.7 Å². The molecule has 0 radical (unpaired) electrons. The molecule has 0 saturated heterocycles. The monoisotopic (exact) mass is 314 g/mol. The van der Waals surface area contributed by atoms with Crippen molar-refractivity contribution in [3.05, 3.63) is 11.4 Å². The van der Waals surface area contributed by atoms with E-state index in [1.54, 1.807) is 13.8 Å². The van der Waals surface area contributed by atoms with E-state index in [2.05, 4.69) is 21.8 Å². The Kier molecular flexibility index (Phi) is 4.75. The van der Waals surface area contributed by atoms with Crippen LogP contribution in [0.25, 0.3) is 0 Å². The maximum Gasteiger partial charge on any atom is 0.244 e. The summed E-state index contributed by atoms with van der Waals surface area (Å²) < 4.78 is 28.3. The van der Waals surface area contributed by atoms with E-state index in [0.717, 1.165) is 32.1 Å². The molecule has 0 unspecified atom stereocenters. The molecule has 1 saturated carbocycles. The quantitative estimate of drug-likeness (QED) is 0.768. The normalized spacial score (nSPS) is 27.0. The van der Waals surface area contributed by atoms with Crippen molar-refractivity contribution in [2.24, 2.45) is 11.7 Å². The number of nitrogens with zero attached hydrogens (tertiary/aromatic N) is 1. The van der Waals surface area contributed by atoms with Gasteiger partial charge < -0.3 is 5.73 Å². The van der Waals surface area contributed by atoms with Gasteiger partial charge in [-0.1, -0.05) is 13.3 Å². The first-order valence-electron chi connectivity index (χ1n) is 7.59. The molecule has 4 N–H and O–H groups in total. The Hall–Kier alpha value is -0.920. The maximum atomic E-state index is 12.7. The van der Waals surface area contributed by atoms with E-state index >= 15 is 0 Å². The van der Waals surface area contributed by atoms with Crippen LogP contribution in [0.5, 0.6) is 0 Å². The topological polar surface area (TPSA) is 101 Å². The fourth-order valence-electron chi connectivity index (χ4n) is 3.26. The standard InChI is InChI=1S/C14H26N4O2S/c1-4-12-5-7-14(9-15,8-6-12)18-21(19,20)13-10(2)16-17-11(13)3/h12,18H,4-9,15H2,1-3H3,(H,16,17). The van der Waals surface area contributed by atoms with E-state index in [0.29, 0.717) is 23.9 Å². The second-order valence-corrected chi connectivity index (χ2v) is 7.82. The molecule has 1 aliphatic rings. The Morgan fingerprint density at radius 2 is 2.00 bits per heavy atom. The lowest BCUT2D eigenvalue weighted by molar-refractivity contribution is 0.217. The van der Waals surface area contributed by atoms with Crippen molar-refractivity contribution in [3.8, 4) is 0 Å². The molecule has 0 atom stereocenters. The van der Waals surface area contributed by atoms with E-state index in [9.17, 15) is 8.42 Å². The highest BCUT2D eigenvalue weighted by Crippen LogP contribution is 2.34. The Balaban J connectivity index is 2.23. The third-order valence-corrected chi connectivity index (χ3v) is 6.55.